The Labute approximate surface area is 105 Å². The smallest absolute Gasteiger partial charge is 0.0817 e. The largest absolute Gasteiger partial charge is 0.388 e. The summed E-state index contributed by atoms with van der Waals surface area (Å²) >= 11 is 0. The molecule has 1 atom stereocenters. The first-order valence-corrected chi connectivity index (χ1v) is 6.65. The third-order valence-corrected chi connectivity index (χ3v) is 3.78. The highest BCUT2D eigenvalue weighted by Crippen LogP contribution is 2.22. The number of nitrogens with zero attached hydrogens (tertiary/aromatic N) is 1. The molecule has 4 nitrogen and oxygen atoms in total. The molecule has 0 bridgehead atoms. The van der Waals surface area contributed by atoms with E-state index >= 15 is 0 Å². The quantitative estimate of drug-likeness (QED) is 0.722. The van der Waals surface area contributed by atoms with Crippen molar-refractivity contribution in [2.45, 2.75) is 32.3 Å². The highest BCUT2D eigenvalue weighted by atomic mass is 16.5. The molecule has 4 heteroatoms. The van der Waals surface area contributed by atoms with E-state index in [1.54, 1.807) is 0 Å². The van der Waals surface area contributed by atoms with Crippen LogP contribution in [-0.4, -0.2) is 55.5 Å². The minimum absolute atomic E-state index is 0.503. The Morgan fingerprint density at radius 2 is 1.94 bits per heavy atom. The van der Waals surface area contributed by atoms with E-state index in [4.69, 9.17) is 10.5 Å². The van der Waals surface area contributed by atoms with Crippen molar-refractivity contribution in [2.75, 3.05) is 39.9 Å². The van der Waals surface area contributed by atoms with Crippen molar-refractivity contribution < 1.29 is 9.84 Å². The molecule has 0 aliphatic carbocycles. The second-order valence-corrected chi connectivity index (χ2v) is 5.77. The molecule has 0 spiro atoms. The standard InChI is InChI=1S/C13H28N2O2/c1-11(2)12(8-14)9-15(3)10-13(16)4-6-17-7-5-13/h11-12,16H,4-10,14H2,1-3H3. The Morgan fingerprint density at radius 3 is 2.41 bits per heavy atom. The molecule has 102 valence electrons. The Balaban J connectivity index is 2.39. The van der Waals surface area contributed by atoms with E-state index in [2.05, 4.69) is 25.8 Å². The summed E-state index contributed by atoms with van der Waals surface area (Å²) < 4.78 is 5.29. The van der Waals surface area contributed by atoms with Crippen molar-refractivity contribution in [1.29, 1.82) is 0 Å². The van der Waals surface area contributed by atoms with Gasteiger partial charge in [-0.3, -0.25) is 0 Å². The fraction of sp³-hybridized carbons (Fsp3) is 1.00. The van der Waals surface area contributed by atoms with E-state index in [9.17, 15) is 5.11 Å². The zero-order valence-corrected chi connectivity index (χ0v) is 11.5. The molecule has 0 saturated carbocycles. The van der Waals surface area contributed by atoms with Crippen LogP contribution in [0.4, 0.5) is 0 Å². The van der Waals surface area contributed by atoms with Gasteiger partial charge in [0.25, 0.3) is 0 Å². The predicted molar refractivity (Wildman–Crippen MR) is 69.9 cm³/mol. The summed E-state index contributed by atoms with van der Waals surface area (Å²) in [6.45, 7) is 8.15. The van der Waals surface area contributed by atoms with Gasteiger partial charge in [-0.1, -0.05) is 13.8 Å². The lowest BCUT2D eigenvalue weighted by Crippen LogP contribution is -2.47. The molecule has 3 N–H and O–H groups in total. The lowest BCUT2D eigenvalue weighted by molar-refractivity contribution is -0.0784. The third-order valence-electron chi connectivity index (χ3n) is 3.78. The van der Waals surface area contributed by atoms with Crippen LogP contribution in [0.3, 0.4) is 0 Å². The van der Waals surface area contributed by atoms with Crippen molar-refractivity contribution in [3.05, 3.63) is 0 Å². The van der Waals surface area contributed by atoms with Gasteiger partial charge >= 0.3 is 0 Å². The molecule has 0 radical (unpaired) electrons. The summed E-state index contributed by atoms with van der Waals surface area (Å²) in [5, 5.41) is 10.4. The minimum atomic E-state index is -0.566. The average molecular weight is 244 g/mol. The molecule has 0 aromatic heterocycles. The van der Waals surface area contributed by atoms with Crippen LogP contribution in [0.2, 0.25) is 0 Å². The highest BCUT2D eigenvalue weighted by molar-refractivity contribution is 4.84. The molecule has 1 unspecified atom stereocenters. The number of rotatable bonds is 6. The summed E-state index contributed by atoms with van der Waals surface area (Å²) in [6, 6.07) is 0. The molecule has 0 aromatic rings. The van der Waals surface area contributed by atoms with Crippen molar-refractivity contribution >= 4 is 0 Å². The molecule has 0 amide bonds. The van der Waals surface area contributed by atoms with Crippen LogP contribution in [-0.2, 0) is 4.74 Å². The minimum Gasteiger partial charge on any atom is -0.388 e. The second-order valence-electron chi connectivity index (χ2n) is 5.77. The van der Waals surface area contributed by atoms with Crippen LogP contribution in [0, 0.1) is 11.8 Å². The van der Waals surface area contributed by atoms with E-state index in [0.717, 1.165) is 25.9 Å². The van der Waals surface area contributed by atoms with Crippen molar-refractivity contribution in [1.82, 2.24) is 4.90 Å². The maximum atomic E-state index is 10.4. The number of nitrogens with two attached hydrogens (primary N) is 1. The van der Waals surface area contributed by atoms with Gasteiger partial charge in [-0.05, 0) is 25.4 Å². The molecular formula is C13H28N2O2. The Bertz CT molecular complexity index is 215. The fourth-order valence-corrected chi connectivity index (χ4v) is 2.43. The second kappa shape index (κ2) is 6.69. The molecule has 1 aliphatic heterocycles. The normalized spacial score (nSPS) is 22.1. The first-order valence-electron chi connectivity index (χ1n) is 6.65. The first-order chi connectivity index (χ1) is 7.97. The number of hydrogen-bond donors (Lipinski definition) is 2. The maximum absolute atomic E-state index is 10.4. The van der Waals surface area contributed by atoms with Gasteiger partial charge in [-0.25, -0.2) is 0 Å². The van der Waals surface area contributed by atoms with Crippen LogP contribution >= 0.6 is 0 Å². The molecule has 1 saturated heterocycles. The Morgan fingerprint density at radius 1 is 1.35 bits per heavy atom. The van der Waals surface area contributed by atoms with E-state index in [0.29, 0.717) is 31.6 Å². The number of aliphatic hydroxyl groups is 1. The van der Waals surface area contributed by atoms with Gasteiger partial charge < -0.3 is 20.5 Å². The summed E-state index contributed by atoms with van der Waals surface area (Å²) in [7, 11) is 2.07. The van der Waals surface area contributed by atoms with E-state index in [-0.39, 0.29) is 0 Å². The van der Waals surface area contributed by atoms with E-state index in [1.165, 1.54) is 0 Å². The van der Waals surface area contributed by atoms with Crippen LogP contribution in [0.25, 0.3) is 0 Å². The topological polar surface area (TPSA) is 58.7 Å². The molecule has 1 heterocycles. The molecule has 1 rings (SSSR count). The highest BCUT2D eigenvalue weighted by Gasteiger charge is 2.31. The van der Waals surface area contributed by atoms with Crippen molar-refractivity contribution in [3.63, 3.8) is 0 Å². The average Bonchev–Trinajstić information content (AvgIpc) is 2.25. The SMILES string of the molecule is CC(C)C(CN)CN(C)CC1(O)CCOCC1. The third kappa shape index (κ3) is 4.92. The molecule has 0 aromatic carbocycles. The predicted octanol–water partition coefficient (Wildman–Crippen LogP) is 0.691. The monoisotopic (exact) mass is 244 g/mol. The summed E-state index contributed by atoms with van der Waals surface area (Å²) in [6.07, 6.45) is 1.48. The zero-order valence-electron chi connectivity index (χ0n) is 11.5. The van der Waals surface area contributed by atoms with Gasteiger partial charge in [-0.2, -0.15) is 0 Å². The van der Waals surface area contributed by atoms with Crippen LogP contribution in [0.15, 0.2) is 0 Å². The summed E-state index contributed by atoms with van der Waals surface area (Å²) in [4.78, 5) is 2.21. The van der Waals surface area contributed by atoms with Gasteiger partial charge in [0.05, 0.1) is 5.60 Å². The van der Waals surface area contributed by atoms with Crippen LogP contribution < -0.4 is 5.73 Å². The molecule has 17 heavy (non-hydrogen) atoms. The van der Waals surface area contributed by atoms with Crippen LogP contribution in [0.1, 0.15) is 26.7 Å². The van der Waals surface area contributed by atoms with Crippen molar-refractivity contribution in [3.8, 4) is 0 Å². The first kappa shape index (κ1) is 14.9. The van der Waals surface area contributed by atoms with Gasteiger partial charge in [-0.15, -0.1) is 0 Å². The summed E-state index contributed by atoms with van der Waals surface area (Å²) in [5.41, 5.74) is 5.21. The van der Waals surface area contributed by atoms with Gasteiger partial charge in [0.15, 0.2) is 0 Å². The lowest BCUT2D eigenvalue weighted by Gasteiger charge is -2.37. The van der Waals surface area contributed by atoms with Gasteiger partial charge in [0.2, 0.25) is 0 Å². The maximum Gasteiger partial charge on any atom is 0.0817 e. The van der Waals surface area contributed by atoms with Gasteiger partial charge in [0.1, 0.15) is 0 Å². The van der Waals surface area contributed by atoms with Crippen molar-refractivity contribution in [2.24, 2.45) is 17.6 Å². The van der Waals surface area contributed by atoms with Crippen LogP contribution in [0.5, 0.6) is 0 Å². The molecule has 1 fully saturated rings. The number of hydrogen-bond acceptors (Lipinski definition) is 4. The number of ether oxygens (including phenoxy) is 1. The van der Waals surface area contributed by atoms with Gasteiger partial charge in [0, 0.05) is 39.1 Å². The molecule has 1 aliphatic rings. The summed E-state index contributed by atoms with van der Waals surface area (Å²) in [5.74, 6) is 1.09. The lowest BCUT2D eigenvalue weighted by atomic mass is 9.92. The Kier molecular flexibility index (Phi) is 5.86. The Hall–Kier alpha value is -0.160. The fourth-order valence-electron chi connectivity index (χ4n) is 2.43. The van der Waals surface area contributed by atoms with E-state index < -0.39 is 5.60 Å². The molecular weight excluding hydrogens is 216 g/mol. The zero-order chi connectivity index (χ0) is 12.9. The van der Waals surface area contributed by atoms with E-state index in [1.807, 2.05) is 0 Å². The number of likely N-dealkylation sites (N-methyl/N-ethyl adjacent to an activating group) is 1.